The number of ether oxygens (including phenoxy) is 3. The molecule has 2 aliphatic heterocycles. The van der Waals surface area contributed by atoms with Gasteiger partial charge in [0, 0.05) is 38.1 Å². The van der Waals surface area contributed by atoms with E-state index in [0.717, 1.165) is 50.5 Å². The zero-order chi connectivity index (χ0) is 18.2. The standard InChI is InChI=1S/C20H25N3O4/c24-17-8-14-11-22(6-7-23-5-1-4-21-23)12-15(14)9-19(17)27-16-2-3-18-20(10-16)26-13-25-18/h1-5,10,14-15,17,19,24H,6-9,11-13H2/t14-,15+,17+,19+/m0/s1. The fourth-order valence-corrected chi connectivity index (χ4v) is 4.60. The molecule has 0 amide bonds. The van der Waals surface area contributed by atoms with Crippen LogP contribution in [0, 0.1) is 11.8 Å². The van der Waals surface area contributed by atoms with E-state index < -0.39 is 6.10 Å². The molecule has 0 radical (unpaired) electrons. The van der Waals surface area contributed by atoms with E-state index in [2.05, 4.69) is 10.00 Å². The molecule has 3 aliphatic rings. The van der Waals surface area contributed by atoms with Gasteiger partial charge < -0.3 is 24.2 Å². The molecule has 27 heavy (non-hydrogen) atoms. The minimum atomic E-state index is -0.428. The molecule has 0 spiro atoms. The van der Waals surface area contributed by atoms with Gasteiger partial charge in [-0.3, -0.25) is 4.68 Å². The van der Waals surface area contributed by atoms with Crippen molar-refractivity contribution < 1.29 is 19.3 Å². The van der Waals surface area contributed by atoms with Gasteiger partial charge in [0.25, 0.3) is 0 Å². The molecular weight excluding hydrogens is 346 g/mol. The molecule has 5 rings (SSSR count). The van der Waals surface area contributed by atoms with Crippen LogP contribution in [0.3, 0.4) is 0 Å². The summed E-state index contributed by atoms with van der Waals surface area (Å²) in [5, 5.41) is 14.9. The summed E-state index contributed by atoms with van der Waals surface area (Å²) in [6.45, 7) is 4.28. The Bertz CT molecular complexity index is 782. The molecule has 2 fully saturated rings. The monoisotopic (exact) mass is 371 g/mol. The number of rotatable bonds is 5. The van der Waals surface area contributed by atoms with Crippen LogP contribution in [-0.2, 0) is 6.54 Å². The Labute approximate surface area is 158 Å². The van der Waals surface area contributed by atoms with Gasteiger partial charge in [-0.05, 0) is 42.9 Å². The lowest BCUT2D eigenvalue weighted by molar-refractivity contribution is -0.0232. The van der Waals surface area contributed by atoms with Crippen molar-refractivity contribution in [2.75, 3.05) is 26.4 Å². The number of benzene rings is 1. The second-order valence-corrected chi connectivity index (χ2v) is 7.76. The molecule has 1 N–H and O–H groups in total. The molecule has 1 aromatic heterocycles. The Balaban J connectivity index is 1.19. The first-order chi connectivity index (χ1) is 13.2. The number of fused-ring (bicyclic) bond motifs is 2. The van der Waals surface area contributed by atoms with Gasteiger partial charge in [-0.15, -0.1) is 0 Å². The van der Waals surface area contributed by atoms with Crippen LogP contribution < -0.4 is 14.2 Å². The highest BCUT2D eigenvalue weighted by molar-refractivity contribution is 5.46. The zero-order valence-electron chi connectivity index (χ0n) is 15.2. The number of aliphatic hydroxyl groups is 1. The Kier molecular flexibility index (Phi) is 4.41. The highest BCUT2D eigenvalue weighted by atomic mass is 16.7. The summed E-state index contributed by atoms with van der Waals surface area (Å²) >= 11 is 0. The lowest BCUT2D eigenvalue weighted by Crippen LogP contribution is -2.42. The van der Waals surface area contributed by atoms with Crippen molar-refractivity contribution >= 4 is 0 Å². The van der Waals surface area contributed by atoms with Gasteiger partial charge in [-0.25, -0.2) is 0 Å². The van der Waals surface area contributed by atoms with Crippen LogP contribution in [0.4, 0.5) is 0 Å². The number of likely N-dealkylation sites (tertiary alicyclic amines) is 1. The predicted molar refractivity (Wildman–Crippen MR) is 97.9 cm³/mol. The fourth-order valence-electron chi connectivity index (χ4n) is 4.60. The molecule has 3 heterocycles. The summed E-state index contributed by atoms with van der Waals surface area (Å²) in [5.74, 6) is 3.31. The summed E-state index contributed by atoms with van der Waals surface area (Å²) in [5.41, 5.74) is 0. The lowest BCUT2D eigenvalue weighted by Gasteiger charge is -2.35. The number of nitrogens with zero attached hydrogens (tertiary/aromatic N) is 3. The third-order valence-electron chi connectivity index (χ3n) is 6.00. The third kappa shape index (κ3) is 3.49. The number of aliphatic hydroxyl groups excluding tert-OH is 1. The van der Waals surface area contributed by atoms with Gasteiger partial charge in [0.05, 0.1) is 12.6 Å². The molecule has 0 bridgehead atoms. The average molecular weight is 371 g/mol. The zero-order valence-corrected chi connectivity index (χ0v) is 15.2. The minimum absolute atomic E-state index is 0.169. The number of hydrogen-bond acceptors (Lipinski definition) is 6. The Hall–Kier alpha value is -2.25. The molecule has 1 aromatic carbocycles. The SMILES string of the molecule is O[C@@H]1C[C@H]2CN(CCn3cccn3)C[C@H]2C[C@H]1Oc1ccc2c(c1)OCO2. The Morgan fingerprint density at radius 2 is 1.96 bits per heavy atom. The summed E-state index contributed by atoms with van der Waals surface area (Å²) in [7, 11) is 0. The van der Waals surface area contributed by atoms with Gasteiger partial charge in [-0.2, -0.15) is 5.10 Å². The summed E-state index contributed by atoms with van der Waals surface area (Å²) in [6.07, 6.45) is 4.91. The van der Waals surface area contributed by atoms with Gasteiger partial charge in [0.1, 0.15) is 11.9 Å². The Morgan fingerprint density at radius 1 is 1.11 bits per heavy atom. The average Bonchev–Trinajstić information content (AvgIpc) is 3.40. The molecule has 1 aliphatic carbocycles. The van der Waals surface area contributed by atoms with Crippen LogP contribution in [0.25, 0.3) is 0 Å². The first-order valence-corrected chi connectivity index (χ1v) is 9.69. The smallest absolute Gasteiger partial charge is 0.231 e. The molecule has 7 nitrogen and oxygen atoms in total. The van der Waals surface area contributed by atoms with Crippen LogP contribution in [0.5, 0.6) is 17.2 Å². The minimum Gasteiger partial charge on any atom is -0.488 e. The first kappa shape index (κ1) is 16.9. The topological polar surface area (TPSA) is 69.0 Å². The quantitative estimate of drug-likeness (QED) is 0.864. The number of hydrogen-bond donors (Lipinski definition) is 1. The molecule has 144 valence electrons. The molecule has 1 saturated carbocycles. The van der Waals surface area contributed by atoms with Crippen LogP contribution >= 0.6 is 0 Å². The maximum absolute atomic E-state index is 10.6. The summed E-state index contributed by atoms with van der Waals surface area (Å²) in [6, 6.07) is 7.56. The van der Waals surface area contributed by atoms with E-state index in [-0.39, 0.29) is 12.9 Å². The van der Waals surface area contributed by atoms with E-state index in [1.165, 1.54) is 0 Å². The third-order valence-corrected chi connectivity index (χ3v) is 6.00. The predicted octanol–water partition coefficient (Wildman–Crippen LogP) is 1.76. The highest BCUT2D eigenvalue weighted by Crippen LogP contribution is 2.40. The van der Waals surface area contributed by atoms with Crippen molar-refractivity contribution in [3.8, 4) is 17.2 Å². The summed E-state index contributed by atoms with van der Waals surface area (Å²) in [4.78, 5) is 2.49. The second-order valence-electron chi connectivity index (χ2n) is 7.76. The molecular formula is C20H25N3O4. The highest BCUT2D eigenvalue weighted by Gasteiger charge is 2.42. The van der Waals surface area contributed by atoms with Crippen molar-refractivity contribution in [1.29, 1.82) is 0 Å². The second kappa shape index (κ2) is 7.05. The molecule has 7 heteroatoms. The molecule has 1 saturated heterocycles. The van der Waals surface area contributed by atoms with Crippen LogP contribution in [0.2, 0.25) is 0 Å². The van der Waals surface area contributed by atoms with Crippen molar-refractivity contribution in [2.45, 2.75) is 31.6 Å². The van der Waals surface area contributed by atoms with Gasteiger partial charge in [-0.1, -0.05) is 0 Å². The van der Waals surface area contributed by atoms with E-state index >= 15 is 0 Å². The maximum atomic E-state index is 10.6. The maximum Gasteiger partial charge on any atom is 0.231 e. The van der Waals surface area contributed by atoms with E-state index in [0.29, 0.717) is 17.6 Å². The van der Waals surface area contributed by atoms with Crippen molar-refractivity contribution in [3.05, 3.63) is 36.7 Å². The van der Waals surface area contributed by atoms with Crippen molar-refractivity contribution in [2.24, 2.45) is 11.8 Å². The van der Waals surface area contributed by atoms with E-state index in [1.807, 2.05) is 41.3 Å². The lowest BCUT2D eigenvalue weighted by atomic mass is 9.78. The fraction of sp³-hybridized carbons (Fsp3) is 0.550. The largest absolute Gasteiger partial charge is 0.488 e. The summed E-state index contributed by atoms with van der Waals surface area (Å²) < 4.78 is 18.9. The van der Waals surface area contributed by atoms with E-state index in [9.17, 15) is 5.11 Å². The Morgan fingerprint density at radius 3 is 2.81 bits per heavy atom. The van der Waals surface area contributed by atoms with Gasteiger partial charge >= 0.3 is 0 Å². The van der Waals surface area contributed by atoms with Crippen LogP contribution in [0.15, 0.2) is 36.7 Å². The molecule has 4 atom stereocenters. The molecule has 0 unspecified atom stereocenters. The van der Waals surface area contributed by atoms with E-state index in [4.69, 9.17) is 14.2 Å². The van der Waals surface area contributed by atoms with E-state index in [1.54, 1.807) is 0 Å². The van der Waals surface area contributed by atoms with Gasteiger partial charge in [0.15, 0.2) is 11.5 Å². The van der Waals surface area contributed by atoms with Gasteiger partial charge in [0.2, 0.25) is 6.79 Å². The van der Waals surface area contributed by atoms with Crippen molar-refractivity contribution in [3.63, 3.8) is 0 Å². The van der Waals surface area contributed by atoms with Crippen LogP contribution in [0.1, 0.15) is 12.8 Å². The molecule has 2 aromatic rings. The normalized spacial score (nSPS) is 29.7. The van der Waals surface area contributed by atoms with Crippen molar-refractivity contribution in [1.82, 2.24) is 14.7 Å². The first-order valence-electron chi connectivity index (χ1n) is 9.69. The van der Waals surface area contributed by atoms with Crippen LogP contribution in [-0.4, -0.2) is 58.4 Å². The number of aromatic nitrogens is 2.